The Bertz CT molecular complexity index is 1320. The molecule has 0 radical (unpaired) electrons. The van der Waals surface area contributed by atoms with Crippen molar-refractivity contribution in [2.24, 2.45) is 15.4 Å². The van der Waals surface area contributed by atoms with Gasteiger partial charge in [-0.3, -0.25) is 10.1 Å². The lowest BCUT2D eigenvalue weighted by Gasteiger charge is -2.14. The van der Waals surface area contributed by atoms with Crippen LogP contribution in [0.2, 0.25) is 0 Å². The number of amides is 3. The molecular weight excluding hydrogens is 470 g/mol. The van der Waals surface area contributed by atoms with E-state index in [-0.39, 0.29) is 22.8 Å². The molecule has 0 unspecified atom stereocenters. The Balaban J connectivity index is 1.55. The first kappa shape index (κ1) is 24.4. The molecule has 1 aliphatic rings. The van der Waals surface area contributed by atoms with Gasteiger partial charge >= 0.3 is 6.03 Å². The summed E-state index contributed by atoms with van der Waals surface area (Å²) in [5, 5.41) is 22.1. The maximum absolute atomic E-state index is 13.7. The molecule has 0 bridgehead atoms. The van der Waals surface area contributed by atoms with Crippen molar-refractivity contribution >= 4 is 40.5 Å². The van der Waals surface area contributed by atoms with Crippen LogP contribution >= 0.6 is 0 Å². The average Bonchev–Trinajstić information content (AvgIpc) is 3.33. The summed E-state index contributed by atoms with van der Waals surface area (Å²) in [5.74, 6) is -1.96. The minimum atomic E-state index is -0.788. The molecule has 0 saturated heterocycles. The summed E-state index contributed by atoms with van der Waals surface area (Å²) >= 11 is 0. The second-order valence-corrected chi connectivity index (χ2v) is 7.77. The zero-order chi connectivity index (χ0) is 25.5. The number of urea groups is 1. The van der Waals surface area contributed by atoms with Gasteiger partial charge in [0.2, 0.25) is 0 Å². The summed E-state index contributed by atoms with van der Waals surface area (Å²) in [6, 6.07) is 11.0. The molecule has 12 heteroatoms. The molecule has 3 amide bonds. The zero-order valence-electron chi connectivity index (χ0n) is 19.2. The SMILES string of the molecule is CCNC(=O)Nc1cc(Nc2cc(F)cc(F)c2)c(C(=O)Nc2ccc(CC3=NN=NC3)cc2)cn1. The van der Waals surface area contributed by atoms with Crippen LogP contribution in [0.15, 0.2) is 70.2 Å². The highest BCUT2D eigenvalue weighted by molar-refractivity contribution is 6.08. The number of nitrogens with zero attached hydrogens (tertiary/aromatic N) is 4. The second-order valence-electron chi connectivity index (χ2n) is 7.77. The molecule has 184 valence electrons. The molecule has 0 saturated carbocycles. The van der Waals surface area contributed by atoms with Gasteiger partial charge in [-0.05, 0) is 42.0 Å². The molecule has 36 heavy (non-hydrogen) atoms. The van der Waals surface area contributed by atoms with Gasteiger partial charge < -0.3 is 16.0 Å². The van der Waals surface area contributed by atoms with Crippen LogP contribution in [0.3, 0.4) is 0 Å². The molecule has 3 aromatic rings. The van der Waals surface area contributed by atoms with E-state index in [0.29, 0.717) is 25.2 Å². The van der Waals surface area contributed by atoms with Crippen molar-refractivity contribution in [1.82, 2.24) is 10.3 Å². The molecule has 0 fully saturated rings. The van der Waals surface area contributed by atoms with Crippen molar-refractivity contribution in [2.45, 2.75) is 13.3 Å². The van der Waals surface area contributed by atoms with Gasteiger partial charge in [0.15, 0.2) is 0 Å². The molecule has 0 spiro atoms. The highest BCUT2D eigenvalue weighted by Crippen LogP contribution is 2.26. The van der Waals surface area contributed by atoms with E-state index >= 15 is 0 Å². The van der Waals surface area contributed by atoms with Crippen molar-refractivity contribution in [3.8, 4) is 0 Å². The second kappa shape index (κ2) is 11.1. The van der Waals surface area contributed by atoms with Gasteiger partial charge in [-0.2, -0.15) is 5.11 Å². The normalized spacial score (nSPS) is 12.1. The number of nitrogens with one attached hydrogen (secondary N) is 4. The lowest BCUT2D eigenvalue weighted by Crippen LogP contribution is -2.28. The molecule has 10 nitrogen and oxygen atoms in total. The standard InChI is InChI=1S/C24H22F2N8O2/c1-2-27-24(36)32-22-11-21(30-18-9-15(25)8-16(26)10-18)20(13-28-22)23(35)31-17-5-3-14(4-6-17)7-19-12-29-34-33-19/h3-6,8-11,13H,2,7,12H2,1H3,(H,31,35)(H3,27,28,30,32,36). The van der Waals surface area contributed by atoms with Gasteiger partial charge in [0.05, 0.1) is 17.0 Å². The third-order valence-corrected chi connectivity index (χ3v) is 4.99. The monoisotopic (exact) mass is 492 g/mol. The quantitative estimate of drug-likeness (QED) is 0.357. The van der Waals surface area contributed by atoms with Crippen LogP contribution in [0.1, 0.15) is 22.8 Å². The molecule has 1 aliphatic heterocycles. The highest BCUT2D eigenvalue weighted by atomic mass is 19.1. The number of rotatable bonds is 8. The Morgan fingerprint density at radius 1 is 0.972 bits per heavy atom. The predicted octanol–water partition coefficient (Wildman–Crippen LogP) is 4.86. The number of anilines is 4. The van der Waals surface area contributed by atoms with E-state index in [4.69, 9.17) is 0 Å². The topological polar surface area (TPSA) is 132 Å². The van der Waals surface area contributed by atoms with Gasteiger partial charge in [-0.1, -0.05) is 12.1 Å². The number of hydrogen-bond donors (Lipinski definition) is 4. The van der Waals surface area contributed by atoms with Crippen molar-refractivity contribution in [3.63, 3.8) is 0 Å². The molecule has 2 aromatic carbocycles. The van der Waals surface area contributed by atoms with E-state index in [1.165, 1.54) is 12.3 Å². The number of halogens is 2. The summed E-state index contributed by atoms with van der Waals surface area (Å²) < 4.78 is 27.4. The summed E-state index contributed by atoms with van der Waals surface area (Å²) in [5.41, 5.74) is 2.71. The fourth-order valence-electron chi connectivity index (χ4n) is 3.38. The van der Waals surface area contributed by atoms with Crippen molar-refractivity contribution in [3.05, 3.63) is 77.5 Å². The third-order valence-electron chi connectivity index (χ3n) is 4.99. The minimum absolute atomic E-state index is 0.0781. The van der Waals surface area contributed by atoms with Crippen molar-refractivity contribution < 1.29 is 18.4 Å². The third kappa shape index (κ3) is 6.44. The largest absolute Gasteiger partial charge is 0.355 e. The fraction of sp³-hybridized carbons (Fsp3) is 0.167. The maximum Gasteiger partial charge on any atom is 0.320 e. The summed E-state index contributed by atoms with van der Waals surface area (Å²) in [6.07, 6.45) is 1.86. The van der Waals surface area contributed by atoms with E-state index in [1.807, 2.05) is 12.1 Å². The lowest BCUT2D eigenvalue weighted by molar-refractivity contribution is 0.102. The molecule has 4 rings (SSSR count). The van der Waals surface area contributed by atoms with E-state index in [9.17, 15) is 18.4 Å². The van der Waals surface area contributed by atoms with Crippen molar-refractivity contribution in [1.29, 1.82) is 0 Å². The highest BCUT2D eigenvalue weighted by Gasteiger charge is 2.16. The van der Waals surface area contributed by atoms with Crippen LogP contribution in [0.4, 0.5) is 36.5 Å². The number of pyridine rings is 1. The molecular formula is C24H22F2N8O2. The first-order valence-corrected chi connectivity index (χ1v) is 11.0. The van der Waals surface area contributed by atoms with Crippen LogP contribution in [0.5, 0.6) is 0 Å². The molecule has 1 aromatic heterocycles. The smallest absolute Gasteiger partial charge is 0.320 e. The van der Waals surface area contributed by atoms with Crippen molar-refractivity contribution in [2.75, 3.05) is 29.0 Å². The number of hydrogen-bond acceptors (Lipinski definition) is 7. The Morgan fingerprint density at radius 2 is 1.72 bits per heavy atom. The zero-order valence-corrected chi connectivity index (χ0v) is 19.2. The van der Waals surface area contributed by atoms with Gasteiger partial charge in [0.25, 0.3) is 5.91 Å². The number of aromatic nitrogens is 1. The van der Waals surface area contributed by atoms with E-state index in [2.05, 4.69) is 41.7 Å². The summed E-state index contributed by atoms with van der Waals surface area (Å²) in [4.78, 5) is 29.1. The predicted molar refractivity (Wildman–Crippen MR) is 132 cm³/mol. The van der Waals surface area contributed by atoms with Gasteiger partial charge in [-0.15, -0.1) is 5.10 Å². The Kier molecular flexibility index (Phi) is 7.54. The number of carbonyl (C=O) groups excluding carboxylic acids is 2. The molecule has 4 N–H and O–H groups in total. The minimum Gasteiger partial charge on any atom is -0.355 e. The fourth-order valence-corrected chi connectivity index (χ4v) is 3.38. The molecule has 0 atom stereocenters. The first-order chi connectivity index (χ1) is 17.4. The maximum atomic E-state index is 13.7. The van der Waals surface area contributed by atoms with E-state index < -0.39 is 23.6 Å². The number of benzene rings is 2. The first-order valence-electron chi connectivity index (χ1n) is 11.0. The van der Waals surface area contributed by atoms with Crippen LogP contribution < -0.4 is 21.3 Å². The van der Waals surface area contributed by atoms with E-state index in [1.54, 1.807) is 19.1 Å². The van der Waals surface area contributed by atoms with Gasteiger partial charge in [0.1, 0.15) is 24.0 Å². The number of carbonyl (C=O) groups is 2. The average molecular weight is 492 g/mol. The van der Waals surface area contributed by atoms with Crippen LogP contribution in [-0.4, -0.2) is 35.7 Å². The molecule has 0 aliphatic carbocycles. The van der Waals surface area contributed by atoms with Gasteiger partial charge in [-0.25, -0.2) is 18.6 Å². The van der Waals surface area contributed by atoms with E-state index in [0.717, 1.165) is 29.5 Å². The summed E-state index contributed by atoms with van der Waals surface area (Å²) in [7, 11) is 0. The Hall–Kier alpha value is -4.74. The summed E-state index contributed by atoms with van der Waals surface area (Å²) in [6.45, 7) is 2.63. The van der Waals surface area contributed by atoms with Crippen LogP contribution in [0, 0.1) is 11.6 Å². The Labute approximate surface area is 204 Å². The van der Waals surface area contributed by atoms with Crippen LogP contribution in [-0.2, 0) is 6.42 Å². The van der Waals surface area contributed by atoms with Gasteiger partial charge in [0, 0.05) is 42.7 Å². The Morgan fingerprint density at radius 3 is 2.39 bits per heavy atom. The lowest BCUT2D eigenvalue weighted by atomic mass is 10.1. The van der Waals surface area contributed by atoms with Crippen LogP contribution in [0.25, 0.3) is 0 Å². The molecule has 2 heterocycles.